The van der Waals surface area contributed by atoms with Crippen molar-refractivity contribution in [1.29, 1.82) is 0 Å². The average Bonchev–Trinajstić information content (AvgIpc) is 2.82. The van der Waals surface area contributed by atoms with Crippen molar-refractivity contribution in [3.63, 3.8) is 0 Å². The second-order valence-electron chi connectivity index (χ2n) is 7.40. The van der Waals surface area contributed by atoms with Gasteiger partial charge in [0.15, 0.2) is 5.92 Å². The van der Waals surface area contributed by atoms with E-state index in [4.69, 9.17) is 0 Å². The molecule has 10 nitrogen and oxygen atoms in total. The van der Waals surface area contributed by atoms with Crippen LogP contribution in [-0.4, -0.2) is 45.7 Å². The van der Waals surface area contributed by atoms with E-state index in [2.05, 4.69) is 9.47 Å². The summed E-state index contributed by atoms with van der Waals surface area (Å²) in [5.74, 6) is -8.63. The predicted octanol–water partition coefficient (Wildman–Crippen LogP) is 3.36. The fourth-order valence-electron chi connectivity index (χ4n) is 3.10. The highest BCUT2D eigenvalue weighted by atomic mass is 32.2. The van der Waals surface area contributed by atoms with Gasteiger partial charge in [-0.15, -0.1) is 0 Å². The third-order valence-electron chi connectivity index (χ3n) is 4.94. The minimum atomic E-state index is -5.27. The van der Waals surface area contributed by atoms with Crippen LogP contribution in [0.1, 0.15) is 11.1 Å². The first-order chi connectivity index (χ1) is 16.7. The van der Waals surface area contributed by atoms with Crippen molar-refractivity contribution in [3.8, 4) is 0 Å². The molecule has 1 N–H and O–H groups in total. The number of aryl methyl sites for hydroxylation is 1. The van der Waals surface area contributed by atoms with E-state index in [1.807, 2.05) is 4.72 Å². The lowest BCUT2D eigenvalue weighted by Crippen LogP contribution is -2.40. The van der Waals surface area contributed by atoms with Crippen LogP contribution >= 0.6 is 0 Å². The van der Waals surface area contributed by atoms with E-state index in [1.54, 1.807) is 6.92 Å². The van der Waals surface area contributed by atoms with E-state index in [0.29, 0.717) is 5.56 Å². The first kappa shape index (κ1) is 28.3. The van der Waals surface area contributed by atoms with Crippen molar-refractivity contribution in [3.05, 3.63) is 75.8 Å². The molecule has 14 heteroatoms. The molecule has 0 heterocycles. The third-order valence-corrected chi connectivity index (χ3v) is 6.32. The number of nitro benzene ring substituents is 1. The normalized spacial score (nSPS) is 13.1. The average molecular weight is 530 g/mol. The number of hydrogen-bond donors (Lipinski definition) is 1. The summed E-state index contributed by atoms with van der Waals surface area (Å²) in [5, 5.41) is 11.2. The molecule has 0 amide bonds. The predicted molar refractivity (Wildman–Crippen MR) is 120 cm³/mol. The number of nitrogens with zero attached hydrogens (tertiary/aromatic N) is 1. The van der Waals surface area contributed by atoms with Crippen LogP contribution in [0, 0.1) is 28.9 Å². The Morgan fingerprint density at radius 2 is 1.61 bits per heavy atom. The highest BCUT2D eigenvalue weighted by molar-refractivity contribution is 7.89. The molecule has 0 spiro atoms. The minimum Gasteiger partial charge on any atom is -0.468 e. The fraction of sp³-hybridized carbons (Fsp3) is 0.273. The minimum absolute atomic E-state index is 0.281. The van der Waals surface area contributed by atoms with E-state index < -0.39 is 56.3 Å². The van der Waals surface area contributed by atoms with Gasteiger partial charge in [-0.2, -0.15) is 13.2 Å². The van der Waals surface area contributed by atoms with E-state index in [-0.39, 0.29) is 16.5 Å². The quantitative estimate of drug-likeness (QED) is 0.225. The van der Waals surface area contributed by atoms with Crippen LogP contribution in [0.25, 0.3) is 5.70 Å². The Hall–Kier alpha value is -3.94. The molecule has 0 aliphatic carbocycles. The molecule has 2 rings (SSSR count). The summed E-state index contributed by atoms with van der Waals surface area (Å²) in [7, 11) is -2.99. The van der Waals surface area contributed by atoms with Gasteiger partial charge >= 0.3 is 18.1 Å². The summed E-state index contributed by atoms with van der Waals surface area (Å²) in [4.78, 5) is 34.3. The van der Waals surface area contributed by atoms with E-state index >= 15 is 0 Å². The fourth-order valence-corrected chi connectivity index (χ4v) is 4.19. The van der Waals surface area contributed by atoms with Crippen LogP contribution in [-0.2, 0) is 29.1 Å². The molecule has 0 unspecified atom stereocenters. The molecule has 0 aliphatic heterocycles. The SMILES string of the molecule is COC(=O)C(C(=O)OC)[C@H](/C=C(/NS(=O)(=O)c1ccc(C)cc1)c1cccc([N+](=O)[O-])c1)C(F)(F)F. The maximum absolute atomic E-state index is 14.1. The smallest absolute Gasteiger partial charge is 0.396 e. The van der Waals surface area contributed by atoms with Gasteiger partial charge in [0.1, 0.15) is 0 Å². The first-order valence-electron chi connectivity index (χ1n) is 9.99. The molecule has 0 saturated heterocycles. The number of esters is 2. The standard InChI is InChI=1S/C22H21F3N2O8S/c1-13-7-9-16(10-8-13)36(32,33)26-18(14-5-4-6-15(11-14)27(30)31)12-17(22(23,24)25)19(20(28)34-2)21(29)35-3/h4-12,17,19,26H,1-3H3/b18-12+/t17-/m0/s1. The zero-order valence-electron chi connectivity index (χ0n) is 19.1. The van der Waals surface area contributed by atoms with Crippen LogP contribution in [0.2, 0.25) is 0 Å². The Morgan fingerprint density at radius 3 is 2.08 bits per heavy atom. The van der Waals surface area contributed by atoms with E-state index in [0.717, 1.165) is 38.5 Å². The van der Waals surface area contributed by atoms with Gasteiger partial charge in [-0.05, 0) is 25.1 Å². The van der Waals surface area contributed by atoms with Gasteiger partial charge in [-0.25, -0.2) is 8.42 Å². The monoisotopic (exact) mass is 530 g/mol. The molecule has 194 valence electrons. The molecular formula is C22H21F3N2O8S. The van der Waals surface area contributed by atoms with Crippen LogP contribution in [0.4, 0.5) is 18.9 Å². The molecule has 0 aromatic heterocycles. The van der Waals surface area contributed by atoms with Crippen molar-refractivity contribution < 1.29 is 45.6 Å². The molecule has 2 aromatic rings. The van der Waals surface area contributed by atoms with Gasteiger partial charge in [0.2, 0.25) is 0 Å². The lowest BCUT2D eigenvalue weighted by molar-refractivity contribution is -0.384. The number of ether oxygens (including phenoxy) is 2. The number of benzene rings is 2. The number of alkyl halides is 3. The number of hydrogen-bond acceptors (Lipinski definition) is 8. The van der Waals surface area contributed by atoms with Crippen molar-refractivity contribution in [2.24, 2.45) is 11.8 Å². The number of non-ortho nitro benzene ring substituents is 1. The van der Waals surface area contributed by atoms with Gasteiger partial charge in [-0.1, -0.05) is 29.8 Å². The van der Waals surface area contributed by atoms with E-state index in [1.165, 1.54) is 24.3 Å². The van der Waals surface area contributed by atoms with Crippen molar-refractivity contribution >= 4 is 33.3 Å². The molecule has 1 atom stereocenters. The summed E-state index contributed by atoms with van der Waals surface area (Å²) in [5.41, 5.74) is -0.935. The zero-order valence-corrected chi connectivity index (χ0v) is 19.9. The number of carbonyl (C=O) groups excluding carboxylic acids is 2. The number of halogens is 3. The van der Waals surface area contributed by atoms with Crippen molar-refractivity contribution in [1.82, 2.24) is 4.72 Å². The summed E-state index contributed by atoms with van der Waals surface area (Å²) in [6.07, 6.45) is -4.99. The van der Waals surface area contributed by atoms with Crippen LogP contribution in [0.3, 0.4) is 0 Å². The van der Waals surface area contributed by atoms with Crippen molar-refractivity contribution in [2.75, 3.05) is 14.2 Å². The molecule has 0 radical (unpaired) electrons. The second kappa shape index (κ2) is 11.2. The van der Waals surface area contributed by atoms with Crippen LogP contribution in [0.5, 0.6) is 0 Å². The number of rotatable bonds is 9. The molecule has 0 fully saturated rings. The Labute approximate surface area is 203 Å². The highest BCUT2D eigenvalue weighted by Crippen LogP contribution is 2.37. The largest absolute Gasteiger partial charge is 0.468 e. The molecule has 0 aliphatic rings. The first-order valence-corrected chi connectivity index (χ1v) is 11.5. The van der Waals surface area contributed by atoms with Gasteiger partial charge in [0, 0.05) is 17.7 Å². The van der Waals surface area contributed by atoms with Crippen molar-refractivity contribution in [2.45, 2.75) is 18.0 Å². The number of sulfonamides is 1. The van der Waals surface area contributed by atoms with Crippen LogP contribution in [0.15, 0.2) is 59.5 Å². The second-order valence-corrected chi connectivity index (χ2v) is 9.08. The number of allylic oxidation sites excluding steroid dienone is 1. The zero-order chi connectivity index (χ0) is 27.3. The number of nitrogens with one attached hydrogen (secondary N) is 1. The van der Waals surface area contributed by atoms with Crippen LogP contribution < -0.4 is 4.72 Å². The van der Waals surface area contributed by atoms with E-state index in [9.17, 15) is 41.3 Å². The Balaban J connectivity index is 2.78. The summed E-state index contributed by atoms with van der Waals surface area (Å²) in [6, 6.07) is 9.44. The lowest BCUT2D eigenvalue weighted by Gasteiger charge is -2.24. The Morgan fingerprint density at radius 1 is 1.06 bits per heavy atom. The highest BCUT2D eigenvalue weighted by Gasteiger charge is 2.51. The summed E-state index contributed by atoms with van der Waals surface area (Å²) in [6.45, 7) is 1.69. The Kier molecular flexibility index (Phi) is 8.80. The third kappa shape index (κ3) is 6.81. The number of carbonyl (C=O) groups is 2. The molecule has 2 aromatic carbocycles. The summed E-state index contributed by atoms with van der Waals surface area (Å²) < 4.78 is 78.9. The molecule has 0 bridgehead atoms. The summed E-state index contributed by atoms with van der Waals surface area (Å²) >= 11 is 0. The molecular weight excluding hydrogens is 509 g/mol. The molecule has 36 heavy (non-hydrogen) atoms. The van der Waals surface area contributed by atoms with Gasteiger partial charge in [0.25, 0.3) is 15.7 Å². The van der Waals surface area contributed by atoms with Gasteiger partial charge < -0.3 is 9.47 Å². The Bertz CT molecular complexity index is 1260. The number of nitro groups is 1. The maximum Gasteiger partial charge on any atom is 0.396 e. The maximum atomic E-state index is 14.1. The molecule has 0 saturated carbocycles. The van der Waals surface area contributed by atoms with Gasteiger partial charge in [0.05, 0.1) is 35.7 Å². The van der Waals surface area contributed by atoms with Gasteiger partial charge in [-0.3, -0.25) is 24.4 Å². The number of methoxy groups -OCH3 is 2. The topological polar surface area (TPSA) is 142 Å². The lowest BCUT2D eigenvalue weighted by atomic mass is 9.89.